The largest absolute Gasteiger partial charge is 0.462 e. The maximum atomic E-state index is 12.9. The third-order valence-electron chi connectivity index (χ3n) is 12.1. The van der Waals surface area contributed by atoms with E-state index in [0.29, 0.717) is 12.8 Å². The number of hydrogen-bond donors (Lipinski definition) is 0. The van der Waals surface area contributed by atoms with Crippen molar-refractivity contribution in [1.29, 1.82) is 0 Å². The van der Waals surface area contributed by atoms with Crippen LogP contribution < -0.4 is 0 Å². The molecule has 1 unspecified atom stereocenters. The molecule has 0 saturated heterocycles. The van der Waals surface area contributed by atoms with Crippen molar-refractivity contribution in [3.8, 4) is 0 Å². The van der Waals surface area contributed by atoms with Crippen molar-refractivity contribution in [3.05, 3.63) is 194 Å². The molecule has 0 saturated carbocycles. The van der Waals surface area contributed by atoms with E-state index >= 15 is 0 Å². The fraction of sp³-hybridized carbons (Fsp3) is 0.521. The van der Waals surface area contributed by atoms with Crippen LogP contribution in [0.5, 0.6) is 0 Å². The van der Waals surface area contributed by atoms with E-state index < -0.39 is 6.10 Å². The number of carbonyl (C=O) groups is 3. The van der Waals surface area contributed by atoms with Crippen molar-refractivity contribution >= 4 is 17.9 Å². The van der Waals surface area contributed by atoms with Crippen LogP contribution in [-0.2, 0) is 28.6 Å². The summed E-state index contributed by atoms with van der Waals surface area (Å²) in [6.07, 6.45) is 98.7. The normalized spacial score (nSPS) is 13.5. The van der Waals surface area contributed by atoms with Crippen molar-refractivity contribution in [1.82, 2.24) is 0 Å². The Morgan fingerprint density at radius 3 is 0.797 bits per heavy atom. The number of ether oxygens (including phenoxy) is 3. The summed E-state index contributed by atoms with van der Waals surface area (Å²) in [6.45, 7) is 6.17. The van der Waals surface area contributed by atoms with Gasteiger partial charge in [-0.25, -0.2) is 0 Å². The molecule has 0 aliphatic heterocycles. The van der Waals surface area contributed by atoms with Gasteiger partial charge in [-0.3, -0.25) is 14.4 Å². The predicted octanol–water partition coefficient (Wildman–Crippen LogP) is 21.4. The van der Waals surface area contributed by atoms with Crippen LogP contribution in [0.1, 0.15) is 226 Å². The number of unbranched alkanes of at least 4 members (excludes halogenated alkanes) is 10. The van der Waals surface area contributed by atoms with Gasteiger partial charge in [-0.1, -0.05) is 254 Å². The zero-order valence-corrected chi connectivity index (χ0v) is 50.0. The highest BCUT2D eigenvalue weighted by Crippen LogP contribution is 2.13. The molecule has 6 nitrogen and oxygen atoms in total. The first kappa shape index (κ1) is 73.2. The Bertz CT molecular complexity index is 1920. The highest BCUT2D eigenvalue weighted by Gasteiger charge is 2.19. The van der Waals surface area contributed by atoms with Gasteiger partial charge in [0.2, 0.25) is 0 Å². The summed E-state index contributed by atoms with van der Waals surface area (Å²) in [5, 5.41) is 0. The van der Waals surface area contributed by atoms with E-state index in [1.165, 1.54) is 19.3 Å². The summed E-state index contributed by atoms with van der Waals surface area (Å²) in [6, 6.07) is 0. The van der Waals surface area contributed by atoms with Crippen LogP contribution in [0, 0.1) is 0 Å². The topological polar surface area (TPSA) is 78.9 Å². The third kappa shape index (κ3) is 63.0. The molecular weight excluding hydrogens is 973 g/mol. The second kappa shape index (κ2) is 64.8. The minimum Gasteiger partial charge on any atom is -0.462 e. The lowest BCUT2D eigenvalue weighted by Gasteiger charge is -2.18. The zero-order valence-electron chi connectivity index (χ0n) is 50.0. The highest BCUT2D eigenvalue weighted by atomic mass is 16.6. The summed E-state index contributed by atoms with van der Waals surface area (Å²) in [4.78, 5) is 38.2. The van der Waals surface area contributed by atoms with Gasteiger partial charge < -0.3 is 14.2 Å². The minimum atomic E-state index is -0.841. The lowest BCUT2D eigenvalue weighted by molar-refractivity contribution is -0.166. The molecule has 6 heteroatoms. The number of rotatable bonds is 53. The summed E-state index contributed by atoms with van der Waals surface area (Å²) >= 11 is 0. The van der Waals surface area contributed by atoms with E-state index in [-0.39, 0.29) is 44.0 Å². The molecule has 0 aliphatic carbocycles. The van der Waals surface area contributed by atoms with Gasteiger partial charge >= 0.3 is 17.9 Å². The zero-order chi connectivity index (χ0) is 57.1. The Balaban J connectivity index is 4.53. The molecule has 0 N–H and O–H groups in total. The first-order valence-electron chi connectivity index (χ1n) is 30.9. The van der Waals surface area contributed by atoms with Crippen LogP contribution in [0.3, 0.4) is 0 Å². The number of allylic oxidation sites excluding steroid dienone is 32. The Morgan fingerprint density at radius 1 is 0.253 bits per heavy atom. The number of carbonyl (C=O) groups excluding carboxylic acids is 3. The molecule has 438 valence electrons. The lowest BCUT2D eigenvalue weighted by atomic mass is 10.1. The van der Waals surface area contributed by atoms with Crippen LogP contribution in [0.15, 0.2) is 194 Å². The standard InChI is InChI=1S/C73H110O6/c1-4-7-10-13-16-19-22-25-27-29-31-33-35-36-38-39-41-43-45-48-51-54-57-60-63-66-72(75)78-69-70(68-77-71(74)65-62-59-56-53-50-47-24-21-18-15-12-9-6-3)79-73(76)67-64-61-58-55-52-49-46-44-42-40-37-34-32-30-28-26-23-20-17-14-11-8-5-2/h7-12,16-21,25-28,31-34,36,38,40-43,47-48,50-51,56,59,70H,4-6,13-15,22-24,29-30,35,37,39,44-46,49,52-55,57-58,60-69H2,1-3H3/b10-7-,11-8-,12-9-,19-16-,20-17-,21-18-,27-25-,28-26-,33-31-,34-32-,38-36-,42-40-,43-41-,50-47-,51-48-,59-56-. The molecule has 0 aromatic carbocycles. The van der Waals surface area contributed by atoms with E-state index in [0.717, 1.165) is 161 Å². The van der Waals surface area contributed by atoms with E-state index in [9.17, 15) is 14.4 Å². The molecule has 0 amide bonds. The van der Waals surface area contributed by atoms with Gasteiger partial charge in [0.15, 0.2) is 6.10 Å². The molecular formula is C73H110O6. The fourth-order valence-electron chi connectivity index (χ4n) is 7.58. The molecule has 0 rings (SSSR count). The van der Waals surface area contributed by atoms with Crippen molar-refractivity contribution in [3.63, 3.8) is 0 Å². The van der Waals surface area contributed by atoms with Gasteiger partial charge in [0.25, 0.3) is 0 Å². The molecule has 0 fully saturated rings. The van der Waals surface area contributed by atoms with Gasteiger partial charge in [-0.05, 0) is 148 Å². The van der Waals surface area contributed by atoms with Gasteiger partial charge in [-0.15, -0.1) is 0 Å². The van der Waals surface area contributed by atoms with Crippen LogP contribution in [0.4, 0.5) is 0 Å². The Kier molecular flexibility index (Phi) is 60.1. The van der Waals surface area contributed by atoms with Gasteiger partial charge in [0.05, 0.1) is 0 Å². The number of hydrogen-bond acceptors (Lipinski definition) is 6. The maximum Gasteiger partial charge on any atom is 0.306 e. The Hall–Kier alpha value is -5.75. The average molecular weight is 1080 g/mol. The molecule has 0 aromatic rings. The fourth-order valence-corrected chi connectivity index (χ4v) is 7.58. The van der Waals surface area contributed by atoms with E-state index in [1.807, 2.05) is 12.2 Å². The lowest BCUT2D eigenvalue weighted by Crippen LogP contribution is -2.30. The number of esters is 3. The first-order chi connectivity index (χ1) is 39.0. The van der Waals surface area contributed by atoms with Crippen LogP contribution >= 0.6 is 0 Å². The third-order valence-corrected chi connectivity index (χ3v) is 12.1. The van der Waals surface area contributed by atoms with E-state index in [4.69, 9.17) is 14.2 Å². The summed E-state index contributed by atoms with van der Waals surface area (Å²) in [5.41, 5.74) is 0. The highest BCUT2D eigenvalue weighted by molar-refractivity contribution is 5.71. The van der Waals surface area contributed by atoms with Gasteiger partial charge in [-0.2, -0.15) is 0 Å². The monoisotopic (exact) mass is 1080 g/mol. The molecule has 0 bridgehead atoms. The van der Waals surface area contributed by atoms with Crippen molar-refractivity contribution in [2.24, 2.45) is 0 Å². The molecule has 0 aromatic heterocycles. The van der Waals surface area contributed by atoms with Crippen molar-refractivity contribution in [2.45, 2.75) is 232 Å². The van der Waals surface area contributed by atoms with Crippen molar-refractivity contribution < 1.29 is 28.6 Å². The SMILES string of the molecule is CC/C=C\C/C=C\C/C=C\C/C=C\C/C=C\C/C=C\C/C=C\CCCCCC(=O)OCC(COC(=O)CC/C=C\C/C=C\C/C=C\C/C=C\CC)OC(=O)CCCCCCCCC/C=C\C/C=C\C/C=C\C/C=C\C/C=C\CC. The maximum absolute atomic E-state index is 12.9. The minimum absolute atomic E-state index is 0.133. The van der Waals surface area contributed by atoms with Gasteiger partial charge in [0, 0.05) is 19.3 Å². The molecule has 79 heavy (non-hydrogen) atoms. The molecule has 0 aliphatic rings. The van der Waals surface area contributed by atoms with Crippen LogP contribution in [-0.4, -0.2) is 37.2 Å². The average Bonchev–Trinajstić information content (AvgIpc) is 3.45. The summed E-state index contributed by atoms with van der Waals surface area (Å²) in [7, 11) is 0. The van der Waals surface area contributed by atoms with Crippen LogP contribution in [0.25, 0.3) is 0 Å². The predicted molar refractivity (Wildman–Crippen MR) is 343 cm³/mol. The van der Waals surface area contributed by atoms with E-state index in [1.54, 1.807) is 0 Å². The molecule has 0 radical (unpaired) electrons. The first-order valence-corrected chi connectivity index (χ1v) is 30.9. The Morgan fingerprint density at radius 2 is 0.481 bits per heavy atom. The molecule has 0 spiro atoms. The second-order valence-electron chi connectivity index (χ2n) is 19.5. The van der Waals surface area contributed by atoms with Gasteiger partial charge in [0.1, 0.15) is 13.2 Å². The second-order valence-corrected chi connectivity index (χ2v) is 19.5. The summed E-state index contributed by atoms with van der Waals surface area (Å²) < 4.78 is 16.8. The molecule has 0 heterocycles. The quantitative estimate of drug-likeness (QED) is 0.0261. The molecule has 1 atom stereocenters. The van der Waals surface area contributed by atoms with E-state index in [2.05, 4.69) is 203 Å². The van der Waals surface area contributed by atoms with Crippen LogP contribution in [0.2, 0.25) is 0 Å². The van der Waals surface area contributed by atoms with Crippen molar-refractivity contribution in [2.75, 3.05) is 13.2 Å². The summed E-state index contributed by atoms with van der Waals surface area (Å²) in [5.74, 6) is -1.07. The smallest absolute Gasteiger partial charge is 0.306 e. The Labute approximate surface area is 484 Å².